The van der Waals surface area contributed by atoms with Gasteiger partial charge in [-0.3, -0.25) is 9.36 Å². The smallest absolute Gasteiger partial charge is 0.337 e. The highest BCUT2D eigenvalue weighted by Gasteiger charge is 2.26. The first-order valence-corrected chi connectivity index (χ1v) is 8.91. The molecule has 0 aliphatic carbocycles. The number of rotatable bonds is 7. The van der Waals surface area contributed by atoms with Crippen LogP contribution < -0.4 is 0 Å². The maximum absolute atomic E-state index is 12.1. The summed E-state index contributed by atoms with van der Waals surface area (Å²) in [5.74, 6) is -0.0910. The highest BCUT2D eigenvalue weighted by atomic mass is 31.2. The Kier molecular flexibility index (Phi) is 5.22. The number of ketones is 1. The molecule has 1 heterocycles. The summed E-state index contributed by atoms with van der Waals surface area (Å²) in [6.07, 6.45) is 2.05. The number of hydrogen-bond donors (Lipinski definition) is 1. The van der Waals surface area contributed by atoms with Crippen LogP contribution in [-0.4, -0.2) is 31.1 Å². The topological polar surface area (TPSA) is 68.4 Å². The number of aryl methyl sites for hydroxylation is 1. The lowest BCUT2D eigenvalue weighted by molar-refractivity contribution is -0.117. The molecule has 0 aliphatic heterocycles. The molecule has 2 rings (SSSR count). The van der Waals surface area contributed by atoms with Crippen LogP contribution in [0.1, 0.15) is 30.4 Å². The van der Waals surface area contributed by atoms with E-state index in [2.05, 4.69) is 11.1 Å². The Morgan fingerprint density at radius 2 is 2.00 bits per heavy atom. The number of fused-ring (bicyclic) bond motifs is 1. The number of aromatic amines is 1. The molecule has 1 N–H and O–H groups in total. The second-order valence-corrected chi connectivity index (χ2v) is 7.84. The zero-order chi connectivity index (χ0) is 16.3. The van der Waals surface area contributed by atoms with E-state index in [0.29, 0.717) is 6.42 Å². The fourth-order valence-corrected chi connectivity index (χ4v) is 3.57. The van der Waals surface area contributed by atoms with E-state index in [1.165, 1.54) is 19.8 Å². The molecular weight excluding hydrogens is 301 g/mol. The Hall–Kier alpha value is -1.42. The van der Waals surface area contributed by atoms with Crippen molar-refractivity contribution < 1.29 is 18.4 Å². The Labute approximate surface area is 130 Å². The van der Waals surface area contributed by atoms with Crippen LogP contribution in [-0.2, 0) is 18.4 Å². The molecule has 5 nitrogen and oxygen atoms in total. The van der Waals surface area contributed by atoms with Crippen LogP contribution in [0, 0.1) is 6.92 Å². The van der Waals surface area contributed by atoms with Crippen LogP contribution in [0.3, 0.4) is 0 Å². The molecule has 0 unspecified atom stereocenters. The average Bonchev–Trinajstić information content (AvgIpc) is 2.89. The summed E-state index contributed by atoms with van der Waals surface area (Å²) in [7, 11) is -0.693. The molecule has 0 spiro atoms. The molecule has 0 amide bonds. The first-order chi connectivity index (χ1) is 10.4. The minimum Gasteiger partial charge on any atom is -0.361 e. The third-order valence-corrected chi connectivity index (χ3v) is 5.71. The Morgan fingerprint density at radius 1 is 1.32 bits per heavy atom. The van der Waals surface area contributed by atoms with Crippen molar-refractivity contribution >= 4 is 24.3 Å². The Balaban J connectivity index is 2.14. The van der Waals surface area contributed by atoms with E-state index in [1.54, 1.807) is 0 Å². The lowest BCUT2D eigenvalue weighted by atomic mass is 9.95. The van der Waals surface area contributed by atoms with E-state index >= 15 is 0 Å². The van der Waals surface area contributed by atoms with Crippen LogP contribution >= 0.6 is 7.60 Å². The van der Waals surface area contributed by atoms with Crippen LogP contribution in [0.25, 0.3) is 10.9 Å². The fraction of sp³-hybridized carbons (Fsp3) is 0.438. The Morgan fingerprint density at radius 3 is 2.64 bits per heavy atom. The number of H-pyrrole nitrogens is 1. The summed E-state index contributed by atoms with van der Waals surface area (Å²) < 4.78 is 21.7. The predicted molar refractivity (Wildman–Crippen MR) is 87.6 cm³/mol. The van der Waals surface area contributed by atoms with Gasteiger partial charge in [0.05, 0.1) is 0 Å². The normalized spacial score (nSPS) is 13.5. The fourth-order valence-electron chi connectivity index (χ4n) is 2.60. The van der Waals surface area contributed by atoms with Gasteiger partial charge in [0.1, 0.15) is 11.9 Å². The minimum atomic E-state index is -3.28. The molecule has 22 heavy (non-hydrogen) atoms. The maximum Gasteiger partial charge on any atom is 0.337 e. The molecule has 1 aromatic carbocycles. The lowest BCUT2D eigenvalue weighted by Gasteiger charge is -2.14. The van der Waals surface area contributed by atoms with E-state index in [9.17, 15) is 9.36 Å². The van der Waals surface area contributed by atoms with Crippen molar-refractivity contribution in [3.05, 3.63) is 35.5 Å². The molecule has 6 heteroatoms. The standard InChI is InChI=1S/C16H22NO4P/c1-11-5-6-16-14(7-11)15(9-17-16)12(2)8-13(18)10-22(19,20-3)21-4/h5-7,9,12,17H,8,10H2,1-4H3/t12-/m0/s1. The molecule has 1 atom stereocenters. The van der Waals surface area contributed by atoms with Crippen molar-refractivity contribution in [3.8, 4) is 0 Å². The summed E-state index contributed by atoms with van der Waals surface area (Å²) in [6, 6.07) is 6.19. The van der Waals surface area contributed by atoms with E-state index in [0.717, 1.165) is 16.5 Å². The summed E-state index contributed by atoms with van der Waals surface area (Å²) >= 11 is 0. The quantitative estimate of drug-likeness (QED) is 0.781. The summed E-state index contributed by atoms with van der Waals surface area (Å²) in [5.41, 5.74) is 3.33. The van der Waals surface area contributed by atoms with Gasteiger partial charge in [0.2, 0.25) is 0 Å². The van der Waals surface area contributed by atoms with Crippen LogP contribution in [0.5, 0.6) is 0 Å². The number of hydrogen-bond acceptors (Lipinski definition) is 4. The Bertz CT molecular complexity index is 714. The molecule has 0 saturated carbocycles. The molecule has 0 radical (unpaired) electrons. The summed E-state index contributed by atoms with van der Waals surface area (Å²) in [5, 5.41) is 1.13. The third kappa shape index (κ3) is 3.67. The van der Waals surface area contributed by atoms with Crippen LogP contribution in [0.2, 0.25) is 0 Å². The zero-order valence-corrected chi connectivity index (χ0v) is 14.3. The zero-order valence-electron chi connectivity index (χ0n) is 13.4. The van der Waals surface area contributed by atoms with Crippen molar-refractivity contribution in [1.82, 2.24) is 4.98 Å². The van der Waals surface area contributed by atoms with Crippen molar-refractivity contribution in [2.75, 3.05) is 20.4 Å². The summed E-state index contributed by atoms with van der Waals surface area (Å²) in [6.45, 7) is 4.03. The van der Waals surface area contributed by atoms with E-state index in [4.69, 9.17) is 9.05 Å². The molecule has 0 saturated heterocycles. The van der Waals surface area contributed by atoms with Crippen molar-refractivity contribution in [1.29, 1.82) is 0 Å². The average molecular weight is 323 g/mol. The number of Topliss-reactive ketones (excluding diaryl/α,β-unsaturated/α-hetero) is 1. The molecule has 1 aromatic heterocycles. The van der Waals surface area contributed by atoms with Gasteiger partial charge in [-0.2, -0.15) is 0 Å². The van der Waals surface area contributed by atoms with Gasteiger partial charge in [0.25, 0.3) is 0 Å². The molecule has 2 aromatic rings. The summed E-state index contributed by atoms with van der Waals surface area (Å²) in [4.78, 5) is 15.4. The molecule has 0 bridgehead atoms. The lowest BCUT2D eigenvalue weighted by Crippen LogP contribution is -2.11. The highest BCUT2D eigenvalue weighted by Crippen LogP contribution is 2.46. The monoisotopic (exact) mass is 323 g/mol. The maximum atomic E-state index is 12.1. The van der Waals surface area contributed by atoms with Gasteiger partial charge in [-0.05, 0) is 30.5 Å². The first kappa shape index (κ1) is 16.9. The molecular formula is C16H22NO4P. The number of nitrogens with one attached hydrogen (secondary N) is 1. The van der Waals surface area contributed by atoms with Gasteiger partial charge in [-0.1, -0.05) is 18.6 Å². The van der Waals surface area contributed by atoms with E-state index in [1.807, 2.05) is 32.2 Å². The van der Waals surface area contributed by atoms with E-state index in [-0.39, 0.29) is 17.9 Å². The minimum absolute atomic E-state index is 0.0326. The third-order valence-electron chi connectivity index (χ3n) is 3.86. The van der Waals surface area contributed by atoms with Crippen LogP contribution in [0.4, 0.5) is 0 Å². The van der Waals surface area contributed by atoms with Gasteiger partial charge >= 0.3 is 7.60 Å². The first-order valence-electron chi connectivity index (χ1n) is 7.18. The van der Waals surface area contributed by atoms with Gasteiger partial charge < -0.3 is 14.0 Å². The van der Waals surface area contributed by atoms with Crippen molar-refractivity contribution in [2.45, 2.75) is 26.2 Å². The number of carbonyl (C=O) groups is 1. The van der Waals surface area contributed by atoms with Gasteiger partial charge in [-0.15, -0.1) is 0 Å². The number of aromatic nitrogens is 1. The molecule has 120 valence electrons. The molecule has 0 aliphatic rings. The van der Waals surface area contributed by atoms with Crippen molar-refractivity contribution in [3.63, 3.8) is 0 Å². The van der Waals surface area contributed by atoms with Gasteiger partial charge in [0, 0.05) is 37.7 Å². The predicted octanol–water partition coefficient (Wildman–Crippen LogP) is 4.02. The second-order valence-electron chi connectivity index (χ2n) is 5.57. The SMILES string of the molecule is COP(=O)(CC(=O)C[C@H](C)c1c[nH]c2ccc(C)cc12)OC. The van der Waals surface area contributed by atoms with Gasteiger partial charge in [0.15, 0.2) is 0 Å². The number of benzene rings is 1. The highest BCUT2D eigenvalue weighted by molar-refractivity contribution is 7.54. The second kappa shape index (κ2) is 6.78. The van der Waals surface area contributed by atoms with Crippen molar-refractivity contribution in [2.24, 2.45) is 0 Å². The van der Waals surface area contributed by atoms with Crippen LogP contribution in [0.15, 0.2) is 24.4 Å². The van der Waals surface area contributed by atoms with Gasteiger partial charge in [-0.25, -0.2) is 0 Å². The van der Waals surface area contributed by atoms with E-state index < -0.39 is 7.60 Å². The largest absolute Gasteiger partial charge is 0.361 e. The molecule has 0 fully saturated rings. The number of carbonyl (C=O) groups excluding carboxylic acids is 1.